The van der Waals surface area contributed by atoms with Crippen LogP contribution >= 0.6 is 11.8 Å². The van der Waals surface area contributed by atoms with Crippen molar-refractivity contribution in [3.63, 3.8) is 0 Å². The quantitative estimate of drug-likeness (QED) is 0.427. The first-order valence-corrected chi connectivity index (χ1v) is 11.7. The van der Waals surface area contributed by atoms with Crippen LogP contribution in [0, 0.1) is 0 Å². The normalized spacial score (nSPS) is 18.3. The van der Waals surface area contributed by atoms with Crippen LogP contribution in [-0.4, -0.2) is 59.3 Å². The van der Waals surface area contributed by atoms with Crippen molar-refractivity contribution >= 4 is 47.1 Å². The molecule has 0 unspecified atom stereocenters. The Hall–Kier alpha value is -3.92. The van der Waals surface area contributed by atoms with Crippen LogP contribution < -0.4 is 4.74 Å². The number of amides is 1. The van der Waals surface area contributed by atoms with E-state index in [4.69, 9.17) is 14.2 Å². The molecule has 1 amide bonds. The molecule has 9 nitrogen and oxygen atoms in total. The van der Waals surface area contributed by atoms with E-state index in [1.807, 2.05) is 6.07 Å². The van der Waals surface area contributed by atoms with E-state index >= 15 is 0 Å². The zero-order valence-electron chi connectivity index (χ0n) is 19.4. The highest BCUT2D eigenvalue weighted by Gasteiger charge is 2.45. The molecule has 4 rings (SSSR count). The number of ether oxygens (including phenoxy) is 3. The molecule has 2 aliphatic rings. The maximum absolute atomic E-state index is 13.6. The largest absolute Gasteiger partial charge is 0.481 e. The number of carbonyl (C=O) groups excluding carboxylic acids is 3. The van der Waals surface area contributed by atoms with Crippen LogP contribution in [0.3, 0.4) is 0 Å². The fourth-order valence-corrected chi connectivity index (χ4v) is 4.82. The number of fused-ring (bicyclic) bond motifs is 1. The molecule has 3 heterocycles. The van der Waals surface area contributed by atoms with Gasteiger partial charge in [0, 0.05) is 11.8 Å². The monoisotopic (exact) mass is 493 g/mol. The lowest BCUT2D eigenvalue weighted by Gasteiger charge is -2.31. The van der Waals surface area contributed by atoms with Crippen LogP contribution in [0.4, 0.5) is 0 Å². The molecule has 0 saturated carbocycles. The first-order chi connectivity index (χ1) is 16.9. The molecule has 10 heteroatoms. The standard InChI is InChI=1S/C25H23N3O6S/c1-4-33-20(29)14-34-18-11-6-5-10-17(18)22-21(24(31)32-3)15(2)27-25-28(22)23(30)19(35-25)13-16-9-7-8-12-26-16/h5-13,25H,4,14H2,1-3H3/b19-13-/t25-/m1/s1. The SMILES string of the molecule is CCOC(=O)COc1ccccc1C1=C(C(=O)OC)C(C)=N[C@H]2S/C(=C\c3ccccn3)C(=O)N12. The van der Waals surface area contributed by atoms with Crippen LogP contribution in [0.15, 0.2) is 64.1 Å². The molecule has 0 N–H and O–H groups in total. The second-order valence-corrected chi connectivity index (χ2v) is 8.50. The number of para-hydroxylation sites is 1. The van der Waals surface area contributed by atoms with Crippen molar-refractivity contribution in [1.29, 1.82) is 0 Å². The van der Waals surface area contributed by atoms with Gasteiger partial charge >= 0.3 is 11.9 Å². The molecule has 0 aliphatic carbocycles. The first-order valence-electron chi connectivity index (χ1n) is 10.8. The summed E-state index contributed by atoms with van der Waals surface area (Å²) in [7, 11) is 1.27. The molecule has 1 atom stereocenters. The molecule has 1 aromatic heterocycles. The number of aromatic nitrogens is 1. The van der Waals surface area contributed by atoms with E-state index in [0.717, 1.165) is 0 Å². The summed E-state index contributed by atoms with van der Waals surface area (Å²) < 4.78 is 15.7. The Morgan fingerprint density at radius 1 is 1.17 bits per heavy atom. The summed E-state index contributed by atoms with van der Waals surface area (Å²) in [5.74, 6) is -1.19. The minimum Gasteiger partial charge on any atom is -0.481 e. The van der Waals surface area contributed by atoms with E-state index < -0.39 is 17.4 Å². The number of hydrogen-bond acceptors (Lipinski definition) is 9. The lowest BCUT2D eigenvalue weighted by Crippen LogP contribution is -2.37. The Kier molecular flexibility index (Phi) is 7.31. The average molecular weight is 494 g/mol. The fraction of sp³-hybridized carbons (Fsp3) is 0.240. The van der Waals surface area contributed by atoms with Gasteiger partial charge in [0.1, 0.15) is 11.3 Å². The van der Waals surface area contributed by atoms with Crippen LogP contribution in [0.2, 0.25) is 0 Å². The highest BCUT2D eigenvalue weighted by molar-refractivity contribution is 8.05. The van der Waals surface area contributed by atoms with E-state index in [9.17, 15) is 14.4 Å². The summed E-state index contributed by atoms with van der Waals surface area (Å²) in [5.41, 5.74) is 1.32. The van der Waals surface area contributed by atoms with E-state index in [1.54, 1.807) is 62.5 Å². The van der Waals surface area contributed by atoms with Gasteiger partial charge in [0.2, 0.25) is 0 Å². The van der Waals surface area contributed by atoms with E-state index in [2.05, 4.69) is 9.98 Å². The molecule has 2 aliphatic heterocycles. The maximum Gasteiger partial charge on any atom is 0.344 e. The predicted molar refractivity (Wildman–Crippen MR) is 131 cm³/mol. The second kappa shape index (κ2) is 10.6. The molecule has 1 fully saturated rings. The van der Waals surface area contributed by atoms with Crippen LogP contribution in [0.25, 0.3) is 11.8 Å². The average Bonchev–Trinajstić information content (AvgIpc) is 3.16. The molecular weight excluding hydrogens is 470 g/mol. The van der Waals surface area contributed by atoms with Crippen molar-refractivity contribution in [1.82, 2.24) is 9.88 Å². The molecular formula is C25H23N3O6S. The van der Waals surface area contributed by atoms with Gasteiger partial charge in [-0.05, 0) is 44.2 Å². The van der Waals surface area contributed by atoms with Crippen LogP contribution in [-0.2, 0) is 23.9 Å². The lowest BCUT2D eigenvalue weighted by atomic mass is 9.99. The van der Waals surface area contributed by atoms with Crippen molar-refractivity contribution in [3.05, 3.63) is 70.4 Å². The molecule has 180 valence electrons. The maximum atomic E-state index is 13.6. The number of hydrogen-bond donors (Lipinski definition) is 0. The smallest absolute Gasteiger partial charge is 0.344 e. The van der Waals surface area contributed by atoms with Gasteiger partial charge in [0.05, 0.1) is 35.7 Å². The molecule has 0 bridgehead atoms. The summed E-state index contributed by atoms with van der Waals surface area (Å²) in [5, 5.41) is 0. The number of aliphatic imine (C=N–C) groups is 1. The molecule has 2 aromatic rings. The summed E-state index contributed by atoms with van der Waals surface area (Å²) in [6, 6.07) is 12.3. The molecule has 1 saturated heterocycles. The number of rotatable bonds is 7. The fourth-order valence-electron chi connectivity index (χ4n) is 3.68. The molecule has 0 radical (unpaired) electrons. The second-order valence-electron chi connectivity index (χ2n) is 7.40. The summed E-state index contributed by atoms with van der Waals surface area (Å²) in [4.78, 5) is 49.1. The summed E-state index contributed by atoms with van der Waals surface area (Å²) >= 11 is 1.26. The van der Waals surface area contributed by atoms with Crippen molar-refractivity contribution in [2.45, 2.75) is 19.3 Å². The third-order valence-corrected chi connectivity index (χ3v) is 6.25. The number of nitrogens with zero attached hydrogens (tertiary/aromatic N) is 3. The highest BCUT2D eigenvalue weighted by atomic mass is 32.2. The molecule has 1 aromatic carbocycles. The topological polar surface area (TPSA) is 107 Å². The predicted octanol–water partition coefficient (Wildman–Crippen LogP) is 3.28. The Bertz CT molecular complexity index is 1250. The molecule has 0 spiro atoms. The Morgan fingerprint density at radius 3 is 2.66 bits per heavy atom. The van der Waals surface area contributed by atoms with Gasteiger partial charge in [-0.1, -0.05) is 30.0 Å². The Balaban J connectivity index is 1.81. The van der Waals surface area contributed by atoms with Crippen molar-refractivity contribution in [2.75, 3.05) is 20.3 Å². The van der Waals surface area contributed by atoms with Crippen LogP contribution in [0.5, 0.6) is 5.75 Å². The number of benzene rings is 1. The van der Waals surface area contributed by atoms with E-state index in [0.29, 0.717) is 33.3 Å². The van der Waals surface area contributed by atoms with Gasteiger partial charge in [-0.25, -0.2) is 9.59 Å². The first kappa shape index (κ1) is 24.2. The highest BCUT2D eigenvalue weighted by Crippen LogP contribution is 2.46. The van der Waals surface area contributed by atoms with Crippen LogP contribution in [0.1, 0.15) is 25.1 Å². The zero-order valence-corrected chi connectivity index (χ0v) is 20.2. The van der Waals surface area contributed by atoms with Gasteiger partial charge in [-0.15, -0.1) is 0 Å². The van der Waals surface area contributed by atoms with Gasteiger partial charge < -0.3 is 14.2 Å². The summed E-state index contributed by atoms with van der Waals surface area (Å²) in [6.45, 7) is 3.30. The minimum absolute atomic E-state index is 0.143. The van der Waals surface area contributed by atoms with E-state index in [1.165, 1.54) is 23.8 Å². The van der Waals surface area contributed by atoms with Gasteiger partial charge in [-0.2, -0.15) is 0 Å². The molecule has 35 heavy (non-hydrogen) atoms. The van der Waals surface area contributed by atoms with Crippen molar-refractivity contribution < 1.29 is 28.6 Å². The number of thioether (sulfide) groups is 1. The number of esters is 2. The third-order valence-electron chi connectivity index (χ3n) is 5.18. The van der Waals surface area contributed by atoms with Gasteiger partial charge in [0.15, 0.2) is 12.1 Å². The zero-order chi connectivity index (χ0) is 24.9. The van der Waals surface area contributed by atoms with E-state index in [-0.39, 0.29) is 24.7 Å². The number of pyridine rings is 1. The van der Waals surface area contributed by atoms with Gasteiger partial charge in [-0.3, -0.25) is 19.7 Å². The van der Waals surface area contributed by atoms with Gasteiger partial charge in [0.25, 0.3) is 5.91 Å². The third kappa shape index (κ3) is 4.97. The summed E-state index contributed by atoms with van der Waals surface area (Å²) in [6.07, 6.45) is 3.33. The lowest BCUT2D eigenvalue weighted by molar-refractivity contribution is -0.145. The number of carbonyl (C=O) groups is 3. The Labute approximate surface area is 206 Å². The van der Waals surface area contributed by atoms with Crippen molar-refractivity contribution in [3.8, 4) is 5.75 Å². The minimum atomic E-state index is -0.639. The Morgan fingerprint density at radius 2 is 1.94 bits per heavy atom. The number of methoxy groups -OCH3 is 1. The van der Waals surface area contributed by atoms with Crippen molar-refractivity contribution in [2.24, 2.45) is 4.99 Å².